The molecule has 0 aromatic heterocycles. The maximum Gasteiger partial charge on any atom is 0.313 e. The van der Waals surface area contributed by atoms with Crippen LogP contribution in [-0.4, -0.2) is 55.8 Å². The van der Waals surface area contributed by atoms with Gasteiger partial charge < -0.3 is 15.4 Å². The zero-order chi connectivity index (χ0) is 20.6. The van der Waals surface area contributed by atoms with Crippen molar-refractivity contribution in [3.8, 4) is 0 Å². The lowest BCUT2D eigenvalue weighted by atomic mass is 10.0. The Labute approximate surface area is 173 Å². The molecular formula is C21H24FN3O3S. The minimum atomic E-state index is -0.716. The molecule has 8 heteroatoms. The molecule has 3 rings (SSSR count). The molecule has 0 saturated carbocycles. The number of anilines is 1. The number of thioether (sulfide) groups is 1. The SMILES string of the molecule is CSc1ccccc1NC(=O)C(=O)NCC(c1ccc(F)cc1)N1CCOCC1. The number of carbonyl (C=O) groups is 2. The number of morpholine rings is 1. The van der Waals surface area contributed by atoms with E-state index in [1.54, 1.807) is 24.3 Å². The largest absolute Gasteiger partial charge is 0.379 e. The Bertz CT molecular complexity index is 841. The summed E-state index contributed by atoms with van der Waals surface area (Å²) in [6.45, 7) is 2.83. The first kappa shape index (κ1) is 21.3. The number of ether oxygens (including phenoxy) is 1. The quantitative estimate of drug-likeness (QED) is 0.559. The van der Waals surface area contributed by atoms with Gasteiger partial charge in [0.1, 0.15) is 5.82 Å². The lowest BCUT2D eigenvalue weighted by Gasteiger charge is -2.34. The molecule has 2 aromatic rings. The first-order valence-corrected chi connectivity index (χ1v) is 10.6. The summed E-state index contributed by atoms with van der Waals surface area (Å²) in [5.74, 6) is -1.74. The smallest absolute Gasteiger partial charge is 0.313 e. The standard InChI is InChI=1S/C21H24FN3O3S/c1-29-19-5-3-2-4-17(19)24-21(27)20(26)23-14-18(25-10-12-28-13-11-25)15-6-8-16(22)9-7-15/h2-9,18H,10-14H2,1H3,(H,23,26)(H,24,27). The zero-order valence-electron chi connectivity index (χ0n) is 16.2. The number of benzene rings is 2. The molecule has 0 spiro atoms. The topological polar surface area (TPSA) is 70.7 Å². The van der Waals surface area contributed by atoms with Crippen molar-refractivity contribution in [2.45, 2.75) is 10.9 Å². The number of hydrogen-bond donors (Lipinski definition) is 2. The molecule has 0 aliphatic carbocycles. The van der Waals surface area contributed by atoms with Crippen LogP contribution in [0.5, 0.6) is 0 Å². The van der Waals surface area contributed by atoms with Crippen LogP contribution >= 0.6 is 11.8 Å². The summed E-state index contributed by atoms with van der Waals surface area (Å²) in [5, 5.41) is 5.37. The third-order valence-corrected chi connectivity index (χ3v) is 5.55. The molecule has 154 valence electrons. The van der Waals surface area contributed by atoms with Gasteiger partial charge in [-0.2, -0.15) is 0 Å². The molecule has 2 aromatic carbocycles. The summed E-state index contributed by atoms with van der Waals surface area (Å²) in [5.41, 5.74) is 1.48. The van der Waals surface area contributed by atoms with Crippen molar-refractivity contribution in [1.82, 2.24) is 10.2 Å². The van der Waals surface area contributed by atoms with E-state index in [1.807, 2.05) is 18.4 Å². The van der Waals surface area contributed by atoms with Crippen LogP contribution in [0.3, 0.4) is 0 Å². The van der Waals surface area contributed by atoms with Gasteiger partial charge in [0, 0.05) is 24.5 Å². The van der Waals surface area contributed by atoms with Crippen molar-refractivity contribution in [2.24, 2.45) is 0 Å². The average molecular weight is 418 g/mol. The van der Waals surface area contributed by atoms with E-state index in [0.717, 1.165) is 10.5 Å². The summed E-state index contributed by atoms with van der Waals surface area (Å²) in [6.07, 6.45) is 1.90. The van der Waals surface area contributed by atoms with E-state index < -0.39 is 11.8 Å². The minimum absolute atomic E-state index is 0.172. The van der Waals surface area contributed by atoms with Gasteiger partial charge in [-0.15, -0.1) is 11.8 Å². The number of halogens is 1. The van der Waals surface area contributed by atoms with Gasteiger partial charge >= 0.3 is 11.8 Å². The van der Waals surface area contributed by atoms with E-state index >= 15 is 0 Å². The predicted molar refractivity (Wildman–Crippen MR) is 111 cm³/mol. The number of hydrogen-bond acceptors (Lipinski definition) is 5. The van der Waals surface area contributed by atoms with E-state index in [-0.39, 0.29) is 18.4 Å². The van der Waals surface area contributed by atoms with Crippen LogP contribution in [0.2, 0.25) is 0 Å². The minimum Gasteiger partial charge on any atom is -0.379 e. The van der Waals surface area contributed by atoms with Gasteiger partial charge in [-0.3, -0.25) is 14.5 Å². The van der Waals surface area contributed by atoms with Crippen LogP contribution in [0.1, 0.15) is 11.6 Å². The van der Waals surface area contributed by atoms with E-state index in [0.29, 0.717) is 32.0 Å². The number of carbonyl (C=O) groups excluding carboxylic acids is 2. The Balaban J connectivity index is 1.65. The molecule has 0 bridgehead atoms. The van der Waals surface area contributed by atoms with Crippen LogP contribution in [0.4, 0.5) is 10.1 Å². The lowest BCUT2D eigenvalue weighted by Crippen LogP contribution is -2.45. The summed E-state index contributed by atoms with van der Waals surface area (Å²) >= 11 is 1.49. The van der Waals surface area contributed by atoms with Crippen LogP contribution in [0.25, 0.3) is 0 Å². The van der Waals surface area contributed by atoms with Crippen LogP contribution in [0.15, 0.2) is 53.4 Å². The van der Waals surface area contributed by atoms with E-state index in [4.69, 9.17) is 4.74 Å². The predicted octanol–water partition coefficient (Wildman–Crippen LogP) is 2.68. The molecule has 1 heterocycles. The second-order valence-electron chi connectivity index (χ2n) is 6.58. The average Bonchev–Trinajstić information content (AvgIpc) is 2.76. The summed E-state index contributed by atoms with van der Waals surface area (Å²) in [7, 11) is 0. The monoisotopic (exact) mass is 417 g/mol. The van der Waals surface area contributed by atoms with Crippen molar-refractivity contribution in [3.05, 3.63) is 59.9 Å². The number of nitrogens with one attached hydrogen (secondary N) is 2. The third-order valence-electron chi connectivity index (χ3n) is 4.76. The molecule has 0 radical (unpaired) electrons. The Kier molecular flexibility index (Phi) is 7.62. The third kappa shape index (κ3) is 5.79. The van der Waals surface area contributed by atoms with Gasteiger partial charge in [0.2, 0.25) is 0 Å². The fourth-order valence-corrected chi connectivity index (χ4v) is 3.78. The first-order chi connectivity index (χ1) is 14.1. The summed E-state index contributed by atoms with van der Waals surface area (Å²) in [4.78, 5) is 27.8. The highest BCUT2D eigenvalue weighted by atomic mass is 32.2. The van der Waals surface area contributed by atoms with Gasteiger partial charge in [0.25, 0.3) is 0 Å². The Morgan fingerprint density at radius 2 is 1.79 bits per heavy atom. The van der Waals surface area contributed by atoms with E-state index in [2.05, 4.69) is 15.5 Å². The zero-order valence-corrected chi connectivity index (χ0v) is 17.0. The number of rotatable bonds is 6. The summed E-state index contributed by atoms with van der Waals surface area (Å²) in [6, 6.07) is 13.3. The maximum absolute atomic E-state index is 13.3. The Morgan fingerprint density at radius 1 is 1.10 bits per heavy atom. The number of amides is 2. The summed E-state index contributed by atoms with van der Waals surface area (Å²) < 4.78 is 18.7. The molecule has 1 aliphatic rings. The molecule has 1 aliphatic heterocycles. The highest BCUT2D eigenvalue weighted by Crippen LogP contribution is 2.25. The van der Waals surface area contributed by atoms with E-state index in [1.165, 1.54) is 23.9 Å². The lowest BCUT2D eigenvalue weighted by molar-refractivity contribution is -0.136. The molecule has 1 atom stereocenters. The molecule has 2 amide bonds. The van der Waals surface area contributed by atoms with Gasteiger partial charge in [-0.25, -0.2) is 4.39 Å². The van der Waals surface area contributed by atoms with Crippen molar-refractivity contribution in [3.63, 3.8) is 0 Å². The second-order valence-corrected chi connectivity index (χ2v) is 7.43. The molecule has 1 unspecified atom stereocenters. The Hall–Kier alpha value is -2.42. The molecule has 2 N–H and O–H groups in total. The normalized spacial score (nSPS) is 15.5. The highest BCUT2D eigenvalue weighted by Gasteiger charge is 2.24. The molecule has 6 nitrogen and oxygen atoms in total. The highest BCUT2D eigenvalue weighted by molar-refractivity contribution is 7.98. The maximum atomic E-state index is 13.3. The van der Waals surface area contributed by atoms with Gasteiger partial charge in [0.05, 0.1) is 24.9 Å². The van der Waals surface area contributed by atoms with Crippen molar-refractivity contribution < 1.29 is 18.7 Å². The molecule has 1 fully saturated rings. The van der Waals surface area contributed by atoms with Gasteiger partial charge in [-0.1, -0.05) is 24.3 Å². The molecule has 1 saturated heterocycles. The molecular weight excluding hydrogens is 393 g/mol. The van der Waals surface area contributed by atoms with Crippen LogP contribution in [-0.2, 0) is 14.3 Å². The van der Waals surface area contributed by atoms with Crippen LogP contribution in [0, 0.1) is 5.82 Å². The van der Waals surface area contributed by atoms with Crippen molar-refractivity contribution >= 4 is 29.3 Å². The first-order valence-electron chi connectivity index (χ1n) is 9.38. The fraction of sp³-hybridized carbons (Fsp3) is 0.333. The van der Waals surface area contributed by atoms with Gasteiger partial charge in [0.15, 0.2) is 0 Å². The van der Waals surface area contributed by atoms with Crippen molar-refractivity contribution in [2.75, 3.05) is 44.4 Å². The second kappa shape index (κ2) is 10.4. The number of para-hydroxylation sites is 1. The molecule has 29 heavy (non-hydrogen) atoms. The van der Waals surface area contributed by atoms with E-state index in [9.17, 15) is 14.0 Å². The van der Waals surface area contributed by atoms with Crippen molar-refractivity contribution in [1.29, 1.82) is 0 Å². The fourth-order valence-electron chi connectivity index (χ4n) is 3.23. The number of nitrogens with zero attached hydrogens (tertiary/aromatic N) is 1. The van der Waals surface area contributed by atoms with Gasteiger partial charge in [-0.05, 0) is 36.1 Å². The van der Waals surface area contributed by atoms with Crippen LogP contribution < -0.4 is 10.6 Å². The Morgan fingerprint density at radius 3 is 2.48 bits per heavy atom.